The van der Waals surface area contributed by atoms with E-state index in [1.165, 1.54) is 7.11 Å². The molecule has 1 aromatic carbocycles. The Morgan fingerprint density at radius 2 is 2.04 bits per heavy atom. The molecule has 23 heavy (non-hydrogen) atoms. The summed E-state index contributed by atoms with van der Waals surface area (Å²) in [5.41, 5.74) is 5.30. The summed E-state index contributed by atoms with van der Waals surface area (Å²) in [6.07, 6.45) is -5.20. The number of carbonyl (C=O) groups excluding carboxylic acids is 1. The average Bonchev–Trinajstić information content (AvgIpc) is 2.44. The van der Waals surface area contributed by atoms with Crippen molar-refractivity contribution in [2.24, 2.45) is 5.73 Å². The van der Waals surface area contributed by atoms with E-state index in [1.807, 2.05) is 0 Å². The van der Waals surface area contributed by atoms with Crippen molar-refractivity contribution in [3.05, 3.63) is 24.0 Å². The highest BCUT2D eigenvalue weighted by atomic mass is 35.5. The molecule has 0 radical (unpaired) electrons. The smallest absolute Gasteiger partial charge is 0.422 e. The van der Waals surface area contributed by atoms with Gasteiger partial charge in [-0.2, -0.15) is 13.2 Å². The molecule has 0 aromatic heterocycles. The fourth-order valence-electron chi connectivity index (χ4n) is 1.55. The summed E-state index contributed by atoms with van der Waals surface area (Å²) >= 11 is 0. The molecule has 0 fully saturated rings. The predicted molar refractivity (Wildman–Crippen MR) is 78.3 cm³/mol. The van der Waals surface area contributed by atoms with Gasteiger partial charge in [0.1, 0.15) is 11.6 Å². The topological polar surface area (TPSA) is 73.6 Å². The zero-order valence-corrected chi connectivity index (χ0v) is 13.0. The zero-order valence-electron chi connectivity index (χ0n) is 12.2. The van der Waals surface area contributed by atoms with Gasteiger partial charge in [0, 0.05) is 19.7 Å². The monoisotopic (exact) mass is 360 g/mol. The molecule has 3 N–H and O–H groups in total. The molecule has 1 unspecified atom stereocenters. The van der Waals surface area contributed by atoms with Gasteiger partial charge in [-0.1, -0.05) is 0 Å². The van der Waals surface area contributed by atoms with Gasteiger partial charge >= 0.3 is 6.18 Å². The van der Waals surface area contributed by atoms with E-state index in [-0.39, 0.29) is 31.1 Å². The van der Waals surface area contributed by atoms with Crippen LogP contribution in [0.4, 0.5) is 23.2 Å². The maximum absolute atomic E-state index is 13.1. The fourth-order valence-corrected chi connectivity index (χ4v) is 1.55. The number of nitrogens with one attached hydrogen (secondary N) is 1. The summed E-state index contributed by atoms with van der Waals surface area (Å²) in [6, 6.07) is 2.87. The third kappa shape index (κ3) is 8.00. The first-order valence-corrected chi connectivity index (χ1v) is 6.27. The highest BCUT2D eigenvalue weighted by Crippen LogP contribution is 2.27. The van der Waals surface area contributed by atoms with Crippen LogP contribution >= 0.6 is 12.4 Å². The van der Waals surface area contributed by atoms with Crippen molar-refractivity contribution in [3.63, 3.8) is 0 Å². The van der Waals surface area contributed by atoms with Gasteiger partial charge in [0.05, 0.1) is 18.2 Å². The number of hydrogen-bond donors (Lipinski definition) is 2. The largest absolute Gasteiger partial charge is 0.482 e. The minimum absolute atomic E-state index is 0. The first-order chi connectivity index (χ1) is 10.2. The van der Waals surface area contributed by atoms with Crippen LogP contribution in [-0.4, -0.2) is 38.4 Å². The third-order valence-electron chi connectivity index (χ3n) is 2.62. The number of nitrogens with two attached hydrogens (primary N) is 1. The van der Waals surface area contributed by atoms with E-state index in [4.69, 9.17) is 10.5 Å². The number of anilines is 1. The zero-order chi connectivity index (χ0) is 16.8. The Kier molecular flexibility index (Phi) is 8.88. The number of ether oxygens (including phenoxy) is 2. The van der Waals surface area contributed by atoms with Crippen molar-refractivity contribution in [2.45, 2.75) is 18.7 Å². The Bertz CT molecular complexity index is 510. The van der Waals surface area contributed by atoms with Crippen LogP contribution in [0.5, 0.6) is 5.75 Å². The summed E-state index contributed by atoms with van der Waals surface area (Å²) in [7, 11) is 1.38. The number of hydrogen-bond acceptors (Lipinski definition) is 4. The van der Waals surface area contributed by atoms with Crippen molar-refractivity contribution >= 4 is 24.0 Å². The van der Waals surface area contributed by atoms with Crippen molar-refractivity contribution in [2.75, 3.05) is 25.6 Å². The van der Waals surface area contributed by atoms with Crippen LogP contribution in [0.25, 0.3) is 0 Å². The second kappa shape index (κ2) is 9.53. The molecule has 0 bridgehead atoms. The van der Waals surface area contributed by atoms with Crippen LogP contribution in [0.2, 0.25) is 0 Å². The number of alkyl halides is 3. The molecule has 1 amide bonds. The number of carbonyl (C=O) groups is 1. The molecule has 5 nitrogen and oxygen atoms in total. The van der Waals surface area contributed by atoms with Gasteiger partial charge in [-0.15, -0.1) is 12.4 Å². The van der Waals surface area contributed by atoms with E-state index < -0.39 is 36.4 Å². The first kappa shape index (κ1) is 21.4. The van der Waals surface area contributed by atoms with Crippen LogP contribution in [-0.2, 0) is 9.53 Å². The van der Waals surface area contributed by atoms with Gasteiger partial charge in [0.15, 0.2) is 6.61 Å². The van der Waals surface area contributed by atoms with Crippen molar-refractivity contribution < 1.29 is 31.8 Å². The SMILES string of the molecule is COC(CN)CC(=O)Nc1ccc(F)cc1OCC(F)(F)F.Cl. The molecule has 0 saturated heterocycles. The Balaban J connectivity index is 0.00000484. The lowest BCUT2D eigenvalue weighted by molar-refractivity contribution is -0.153. The minimum Gasteiger partial charge on any atom is -0.482 e. The highest BCUT2D eigenvalue weighted by molar-refractivity contribution is 5.92. The lowest BCUT2D eigenvalue weighted by Gasteiger charge is -2.16. The molecule has 0 saturated carbocycles. The Hall–Kier alpha value is -1.58. The van der Waals surface area contributed by atoms with Crippen LogP contribution in [0, 0.1) is 5.82 Å². The first-order valence-electron chi connectivity index (χ1n) is 6.27. The molecular formula is C13H17ClF4N2O3. The Labute approximate surface area is 136 Å². The average molecular weight is 361 g/mol. The normalized spacial score (nSPS) is 12.3. The molecule has 0 spiro atoms. The molecule has 10 heteroatoms. The molecule has 132 valence electrons. The lowest BCUT2D eigenvalue weighted by Crippen LogP contribution is -2.28. The van der Waals surface area contributed by atoms with Crippen molar-refractivity contribution in [3.8, 4) is 5.75 Å². The molecule has 1 aromatic rings. The van der Waals surface area contributed by atoms with Gasteiger partial charge < -0.3 is 20.5 Å². The molecule has 0 aliphatic rings. The van der Waals surface area contributed by atoms with E-state index in [0.717, 1.165) is 18.2 Å². The van der Waals surface area contributed by atoms with Gasteiger partial charge in [-0.3, -0.25) is 4.79 Å². The van der Waals surface area contributed by atoms with E-state index in [1.54, 1.807) is 0 Å². The summed E-state index contributed by atoms with van der Waals surface area (Å²) in [5, 5.41) is 2.34. The summed E-state index contributed by atoms with van der Waals surface area (Å²) in [5.74, 6) is -1.74. The molecule has 1 rings (SSSR count). The number of rotatable bonds is 7. The summed E-state index contributed by atoms with van der Waals surface area (Å²) < 4.78 is 59.0. The van der Waals surface area contributed by atoms with Gasteiger partial charge in [-0.05, 0) is 12.1 Å². The lowest BCUT2D eigenvalue weighted by atomic mass is 10.2. The van der Waals surface area contributed by atoms with Crippen LogP contribution in [0.15, 0.2) is 18.2 Å². The quantitative estimate of drug-likeness (QED) is 0.733. The van der Waals surface area contributed by atoms with Crippen LogP contribution in [0.3, 0.4) is 0 Å². The predicted octanol–water partition coefficient (Wildman–Crippen LogP) is 2.49. The van der Waals surface area contributed by atoms with Crippen molar-refractivity contribution in [1.29, 1.82) is 0 Å². The maximum Gasteiger partial charge on any atom is 0.422 e. The van der Waals surface area contributed by atoms with E-state index in [2.05, 4.69) is 10.1 Å². The molecule has 0 aliphatic carbocycles. The molecule has 1 atom stereocenters. The standard InChI is InChI=1S/C13H16F4N2O3.ClH/c1-21-9(6-18)5-12(20)19-10-3-2-8(14)4-11(10)22-7-13(15,16)17;/h2-4,9H,5-7,18H2,1H3,(H,19,20);1H. The number of benzene rings is 1. The Morgan fingerprint density at radius 1 is 1.39 bits per heavy atom. The summed E-state index contributed by atoms with van der Waals surface area (Å²) in [6.45, 7) is -1.49. The van der Waals surface area contributed by atoms with Crippen LogP contribution in [0.1, 0.15) is 6.42 Å². The molecular weight excluding hydrogens is 344 g/mol. The van der Waals surface area contributed by atoms with Crippen LogP contribution < -0.4 is 15.8 Å². The number of halogens is 5. The van der Waals surface area contributed by atoms with E-state index in [0.29, 0.717) is 0 Å². The second-order valence-electron chi connectivity index (χ2n) is 4.39. The van der Waals surface area contributed by atoms with Gasteiger partial charge in [0.2, 0.25) is 5.91 Å². The Morgan fingerprint density at radius 3 is 2.57 bits per heavy atom. The van der Waals surface area contributed by atoms with E-state index in [9.17, 15) is 22.4 Å². The molecule has 0 aliphatic heterocycles. The third-order valence-corrected chi connectivity index (χ3v) is 2.62. The minimum atomic E-state index is -4.58. The van der Waals surface area contributed by atoms with Gasteiger partial charge in [-0.25, -0.2) is 4.39 Å². The maximum atomic E-state index is 13.1. The highest BCUT2D eigenvalue weighted by Gasteiger charge is 2.29. The number of methoxy groups -OCH3 is 1. The number of amides is 1. The second-order valence-corrected chi connectivity index (χ2v) is 4.39. The van der Waals surface area contributed by atoms with Gasteiger partial charge in [0.25, 0.3) is 0 Å². The fraction of sp³-hybridized carbons (Fsp3) is 0.462. The van der Waals surface area contributed by atoms with E-state index >= 15 is 0 Å². The summed E-state index contributed by atoms with van der Waals surface area (Å²) in [4.78, 5) is 11.8. The molecule has 0 heterocycles. The van der Waals surface area contributed by atoms with Crippen molar-refractivity contribution in [1.82, 2.24) is 0 Å².